The highest BCUT2D eigenvalue weighted by Gasteiger charge is 2.25. The van der Waals surface area contributed by atoms with Crippen molar-refractivity contribution in [1.82, 2.24) is 9.80 Å². The van der Waals surface area contributed by atoms with Gasteiger partial charge in [-0.25, -0.2) is 0 Å². The molecule has 0 aromatic heterocycles. The minimum absolute atomic E-state index is 0.0486. The minimum Gasteiger partial charge on any atom is -0.368 e. The summed E-state index contributed by atoms with van der Waals surface area (Å²) in [6, 6.07) is 0. The Morgan fingerprint density at radius 2 is 1.93 bits per heavy atom. The van der Waals surface area contributed by atoms with Gasteiger partial charge in [-0.15, -0.1) is 0 Å². The van der Waals surface area contributed by atoms with Crippen LogP contribution in [0.2, 0.25) is 0 Å². The van der Waals surface area contributed by atoms with Crippen molar-refractivity contribution in [2.45, 2.75) is 18.9 Å². The van der Waals surface area contributed by atoms with E-state index in [-0.39, 0.29) is 12.5 Å². The van der Waals surface area contributed by atoms with Crippen molar-refractivity contribution in [2.24, 2.45) is 0 Å². The predicted molar refractivity (Wildman–Crippen MR) is 53.2 cm³/mol. The van der Waals surface area contributed by atoms with Crippen LogP contribution in [-0.2, 0) is 14.3 Å². The van der Waals surface area contributed by atoms with Gasteiger partial charge in [-0.2, -0.15) is 0 Å². The fourth-order valence-electron chi connectivity index (χ4n) is 1.59. The lowest BCUT2D eigenvalue weighted by Gasteiger charge is -2.32. The molecule has 0 bridgehead atoms. The van der Waals surface area contributed by atoms with Gasteiger partial charge in [0, 0.05) is 26.2 Å². The van der Waals surface area contributed by atoms with Crippen molar-refractivity contribution in [3.63, 3.8) is 0 Å². The van der Waals surface area contributed by atoms with Gasteiger partial charge in [0.1, 0.15) is 6.61 Å². The molecule has 1 aliphatic heterocycles. The number of amides is 2. The van der Waals surface area contributed by atoms with Gasteiger partial charge in [0.2, 0.25) is 12.3 Å². The summed E-state index contributed by atoms with van der Waals surface area (Å²) in [5.41, 5.74) is 0. The molecule has 1 saturated carbocycles. The van der Waals surface area contributed by atoms with Gasteiger partial charge in [-0.1, -0.05) is 0 Å². The number of carbonyl (C=O) groups is 2. The molecule has 1 aliphatic carbocycles. The molecule has 5 nitrogen and oxygen atoms in total. The third-order valence-electron chi connectivity index (χ3n) is 2.78. The number of hydrogen-bond acceptors (Lipinski definition) is 3. The standard InChI is InChI=1S/C10H16N2O3/c13-8-11-3-5-12(6-4-11)10(14)7-15-9-1-2-9/h8-9H,1-7H2. The van der Waals surface area contributed by atoms with Crippen LogP contribution in [0.5, 0.6) is 0 Å². The lowest BCUT2D eigenvalue weighted by Crippen LogP contribution is -2.49. The lowest BCUT2D eigenvalue weighted by atomic mass is 10.3. The van der Waals surface area contributed by atoms with Crippen LogP contribution < -0.4 is 0 Å². The first-order chi connectivity index (χ1) is 7.29. The fourth-order valence-corrected chi connectivity index (χ4v) is 1.59. The first-order valence-corrected chi connectivity index (χ1v) is 5.38. The summed E-state index contributed by atoms with van der Waals surface area (Å²) in [7, 11) is 0. The molecule has 2 fully saturated rings. The Balaban J connectivity index is 1.69. The van der Waals surface area contributed by atoms with Crippen LogP contribution >= 0.6 is 0 Å². The summed E-state index contributed by atoms with van der Waals surface area (Å²) in [5.74, 6) is 0.0486. The smallest absolute Gasteiger partial charge is 0.248 e. The average Bonchev–Trinajstić information content (AvgIpc) is 3.10. The molecule has 2 rings (SSSR count). The topological polar surface area (TPSA) is 49.9 Å². The van der Waals surface area contributed by atoms with Crippen molar-refractivity contribution in [3.05, 3.63) is 0 Å². The van der Waals surface area contributed by atoms with Crippen molar-refractivity contribution < 1.29 is 14.3 Å². The first-order valence-electron chi connectivity index (χ1n) is 5.38. The Morgan fingerprint density at radius 1 is 1.27 bits per heavy atom. The minimum atomic E-state index is 0.0486. The quantitative estimate of drug-likeness (QED) is 0.588. The molecule has 15 heavy (non-hydrogen) atoms. The van der Waals surface area contributed by atoms with E-state index in [2.05, 4.69) is 0 Å². The van der Waals surface area contributed by atoms with Crippen LogP contribution in [0.15, 0.2) is 0 Å². The van der Waals surface area contributed by atoms with Crippen molar-refractivity contribution in [3.8, 4) is 0 Å². The molecular formula is C10H16N2O3. The Kier molecular flexibility index (Phi) is 3.20. The zero-order valence-electron chi connectivity index (χ0n) is 8.72. The van der Waals surface area contributed by atoms with E-state index in [4.69, 9.17) is 4.74 Å². The van der Waals surface area contributed by atoms with Crippen LogP contribution in [-0.4, -0.2) is 61.0 Å². The number of hydrogen-bond donors (Lipinski definition) is 0. The van der Waals surface area contributed by atoms with E-state index in [9.17, 15) is 9.59 Å². The van der Waals surface area contributed by atoms with E-state index in [0.29, 0.717) is 32.3 Å². The summed E-state index contributed by atoms with van der Waals surface area (Å²) < 4.78 is 5.35. The molecule has 0 aromatic rings. The molecule has 0 N–H and O–H groups in total. The van der Waals surface area contributed by atoms with E-state index >= 15 is 0 Å². The Hall–Kier alpha value is -1.10. The van der Waals surface area contributed by atoms with E-state index in [1.165, 1.54) is 0 Å². The fraction of sp³-hybridized carbons (Fsp3) is 0.800. The molecule has 1 saturated heterocycles. The summed E-state index contributed by atoms with van der Waals surface area (Å²) >= 11 is 0. The van der Waals surface area contributed by atoms with Gasteiger partial charge in [-0.05, 0) is 12.8 Å². The Morgan fingerprint density at radius 3 is 2.47 bits per heavy atom. The number of rotatable bonds is 4. The third kappa shape index (κ3) is 2.92. The highest BCUT2D eigenvalue weighted by atomic mass is 16.5. The Labute approximate surface area is 89.0 Å². The zero-order chi connectivity index (χ0) is 10.7. The van der Waals surface area contributed by atoms with Gasteiger partial charge >= 0.3 is 0 Å². The molecule has 2 aliphatic rings. The van der Waals surface area contributed by atoms with Crippen LogP contribution in [0.25, 0.3) is 0 Å². The van der Waals surface area contributed by atoms with Crippen LogP contribution in [0.3, 0.4) is 0 Å². The molecule has 0 atom stereocenters. The highest BCUT2D eigenvalue weighted by Crippen LogP contribution is 2.23. The van der Waals surface area contributed by atoms with Gasteiger partial charge in [-0.3, -0.25) is 9.59 Å². The van der Waals surface area contributed by atoms with E-state index in [1.807, 2.05) is 0 Å². The largest absolute Gasteiger partial charge is 0.368 e. The summed E-state index contributed by atoms with van der Waals surface area (Å²) in [4.78, 5) is 25.5. The van der Waals surface area contributed by atoms with E-state index < -0.39 is 0 Å². The molecule has 0 unspecified atom stereocenters. The number of ether oxygens (including phenoxy) is 1. The van der Waals surface area contributed by atoms with Gasteiger partial charge in [0.05, 0.1) is 6.10 Å². The second kappa shape index (κ2) is 4.61. The number of piperazine rings is 1. The normalized spacial score (nSPS) is 21.6. The monoisotopic (exact) mass is 212 g/mol. The maximum absolute atomic E-state index is 11.6. The average molecular weight is 212 g/mol. The molecule has 84 valence electrons. The summed E-state index contributed by atoms with van der Waals surface area (Å²) in [6.07, 6.45) is 3.34. The van der Waals surface area contributed by atoms with E-state index in [1.54, 1.807) is 9.80 Å². The summed E-state index contributed by atoms with van der Waals surface area (Å²) in [6.45, 7) is 2.74. The lowest BCUT2D eigenvalue weighted by molar-refractivity contribution is -0.139. The second-order valence-electron chi connectivity index (χ2n) is 4.03. The van der Waals surface area contributed by atoms with Gasteiger partial charge in [0.25, 0.3) is 0 Å². The Bertz CT molecular complexity index is 245. The number of carbonyl (C=O) groups excluding carboxylic acids is 2. The molecule has 1 heterocycles. The maximum Gasteiger partial charge on any atom is 0.248 e. The first kappa shape index (κ1) is 10.4. The summed E-state index contributed by atoms with van der Waals surface area (Å²) in [5, 5.41) is 0. The zero-order valence-corrected chi connectivity index (χ0v) is 8.72. The van der Waals surface area contributed by atoms with E-state index in [0.717, 1.165) is 19.3 Å². The molecule has 0 radical (unpaired) electrons. The van der Waals surface area contributed by atoms with Gasteiger partial charge in [0.15, 0.2) is 0 Å². The molecule has 0 spiro atoms. The molecule has 0 aromatic carbocycles. The highest BCUT2D eigenvalue weighted by molar-refractivity contribution is 5.77. The SMILES string of the molecule is O=CN1CCN(C(=O)COC2CC2)CC1. The van der Waals surface area contributed by atoms with Crippen molar-refractivity contribution in [2.75, 3.05) is 32.8 Å². The third-order valence-corrected chi connectivity index (χ3v) is 2.78. The number of nitrogens with zero attached hydrogens (tertiary/aromatic N) is 2. The van der Waals surface area contributed by atoms with Crippen molar-refractivity contribution >= 4 is 12.3 Å². The van der Waals surface area contributed by atoms with Crippen molar-refractivity contribution in [1.29, 1.82) is 0 Å². The van der Waals surface area contributed by atoms with Crippen LogP contribution in [0.4, 0.5) is 0 Å². The molecule has 2 amide bonds. The van der Waals surface area contributed by atoms with Gasteiger partial charge < -0.3 is 14.5 Å². The maximum atomic E-state index is 11.6. The molecule has 5 heteroatoms. The van der Waals surface area contributed by atoms with Crippen LogP contribution in [0, 0.1) is 0 Å². The predicted octanol–water partition coefficient (Wildman–Crippen LogP) is -0.534. The van der Waals surface area contributed by atoms with Crippen LogP contribution in [0.1, 0.15) is 12.8 Å². The molecular weight excluding hydrogens is 196 g/mol. The second-order valence-corrected chi connectivity index (χ2v) is 4.03.